The van der Waals surface area contributed by atoms with E-state index in [4.69, 9.17) is 16.3 Å². The van der Waals surface area contributed by atoms with Crippen molar-refractivity contribution in [2.45, 2.75) is 39.5 Å². The van der Waals surface area contributed by atoms with E-state index in [1.54, 1.807) is 0 Å². The second kappa shape index (κ2) is 7.74. The molecule has 2 aromatic carbocycles. The maximum Gasteiger partial charge on any atom is 0.119 e. The Morgan fingerprint density at radius 3 is 2.43 bits per heavy atom. The molecule has 0 radical (unpaired) electrons. The Morgan fingerprint density at radius 1 is 1.09 bits per heavy atom. The van der Waals surface area contributed by atoms with Crippen LogP contribution in [0.15, 0.2) is 42.5 Å². The topological polar surface area (TPSA) is 21.3 Å². The first kappa shape index (κ1) is 17.7. The summed E-state index contributed by atoms with van der Waals surface area (Å²) in [6, 6.07) is 14.3. The van der Waals surface area contributed by atoms with E-state index in [9.17, 15) is 0 Å². The maximum absolute atomic E-state index is 6.11. The average Bonchev–Trinajstić information content (AvgIpc) is 2.55. The molecule has 0 aromatic heterocycles. The number of anilines is 1. The van der Waals surface area contributed by atoms with Gasteiger partial charge in [-0.05, 0) is 54.2 Å². The van der Waals surface area contributed by atoms with E-state index in [-0.39, 0.29) is 5.41 Å². The van der Waals surface area contributed by atoms with Crippen LogP contribution in [0.3, 0.4) is 0 Å². The van der Waals surface area contributed by atoms with E-state index < -0.39 is 0 Å². The average molecular weight is 332 g/mol. The van der Waals surface area contributed by atoms with Gasteiger partial charge in [-0.2, -0.15) is 0 Å². The minimum atomic E-state index is 0.212. The van der Waals surface area contributed by atoms with Gasteiger partial charge in [0.1, 0.15) is 12.4 Å². The van der Waals surface area contributed by atoms with Crippen molar-refractivity contribution in [2.75, 3.05) is 18.5 Å². The number of nitrogens with one attached hydrogen (secondary N) is 1. The lowest BCUT2D eigenvalue weighted by molar-refractivity contribution is 0.332. The molecule has 0 aliphatic carbocycles. The second-order valence-electron chi connectivity index (χ2n) is 6.45. The van der Waals surface area contributed by atoms with Crippen LogP contribution >= 0.6 is 11.6 Å². The highest BCUT2D eigenvalue weighted by Crippen LogP contribution is 2.28. The van der Waals surface area contributed by atoms with Crippen molar-refractivity contribution < 1.29 is 4.74 Å². The van der Waals surface area contributed by atoms with Crippen molar-refractivity contribution in [3.8, 4) is 5.75 Å². The van der Waals surface area contributed by atoms with Crippen LogP contribution in [0.25, 0.3) is 0 Å². The summed E-state index contributed by atoms with van der Waals surface area (Å²) < 4.78 is 5.80. The number of hydrogen-bond donors (Lipinski definition) is 1. The highest BCUT2D eigenvalue weighted by atomic mass is 35.5. The fourth-order valence-corrected chi connectivity index (χ4v) is 2.53. The van der Waals surface area contributed by atoms with Gasteiger partial charge in [-0.25, -0.2) is 0 Å². The zero-order valence-electron chi connectivity index (χ0n) is 14.4. The molecule has 0 aliphatic rings. The van der Waals surface area contributed by atoms with Crippen LogP contribution in [0.1, 0.15) is 38.3 Å². The first-order chi connectivity index (χ1) is 10.9. The molecule has 0 bridgehead atoms. The van der Waals surface area contributed by atoms with Gasteiger partial charge >= 0.3 is 0 Å². The van der Waals surface area contributed by atoms with Crippen LogP contribution in [-0.2, 0) is 5.41 Å². The molecule has 0 unspecified atom stereocenters. The highest BCUT2D eigenvalue weighted by Gasteiger charge is 2.17. The summed E-state index contributed by atoms with van der Waals surface area (Å²) in [5, 5.41) is 4.14. The van der Waals surface area contributed by atoms with E-state index in [0.717, 1.165) is 35.0 Å². The minimum absolute atomic E-state index is 0.212. The Kier molecular flexibility index (Phi) is 5.95. The third-order valence-electron chi connectivity index (χ3n) is 4.47. The molecule has 0 fully saturated rings. The number of halogens is 1. The standard InChI is InChI=1S/C20H26ClNO/c1-5-20(3,4)16-9-11-17(12-10-16)23-14-13-22-19-8-6-7-18(21)15(19)2/h6-12,22H,5,13-14H2,1-4H3. The highest BCUT2D eigenvalue weighted by molar-refractivity contribution is 6.31. The zero-order valence-corrected chi connectivity index (χ0v) is 15.2. The predicted molar refractivity (Wildman–Crippen MR) is 99.9 cm³/mol. The van der Waals surface area contributed by atoms with Crippen LogP contribution in [-0.4, -0.2) is 13.2 Å². The normalized spacial score (nSPS) is 11.3. The van der Waals surface area contributed by atoms with Crippen LogP contribution in [0, 0.1) is 6.92 Å². The van der Waals surface area contributed by atoms with Crippen molar-refractivity contribution in [2.24, 2.45) is 0 Å². The summed E-state index contributed by atoms with van der Waals surface area (Å²) >= 11 is 6.11. The van der Waals surface area contributed by atoms with Crippen LogP contribution in [0.5, 0.6) is 5.75 Å². The molecule has 2 nitrogen and oxygen atoms in total. The minimum Gasteiger partial charge on any atom is -0.492 e. The van der Waals surface area contributed by atoms with Gasteiger partial charge in [0.15, 0.2) is 0 Å². The van der Waals surface area contributed by atoms with Gasteiger partial charge < -0.3 is 10.1 Å². The van der Waals surface area contributed by atoms with E-state index in [1.807, 2.05) is 25.1 Å². The summed E-state index contributed by atoms with van der Waals surface area (Å²) in [5.41, 5.74) is 3.69. The molecule has 23 heavy (non-hydrogen) atoms. The SMILES string of the molecule is CCC(C)(C)c1ccc(OCCNc2cccc(Cl)c2C)cc1. The zero-order chi connectivity index (χ0) is 16.9. The van der Waals surface area contributed by atoms with Gasteiger partial charge in [0, 0.05) is 17.3 Å². The van der Waals surface area contributed by atoms with Gasteiger partial charge in [0.25, 0.3) is 0 Å². The number of ether oxygens (including phenoxy) is 1. The lowest BCUT2D eigenvalue weighted by Gasteiger charge is -2.23. The molecule has 0 amide bonds. The van der Waals surface area contributed by atoms with Gasteiger partial charge in [0.2, 0.25) is 0 Å². The van der Waals surface area contributed by atoms with E-state index in [2.05, 4.69) is 50.4 Å². The third kappa shape index (κ3) is 4.65. The Hall–Kier alpha value is -1.67. The fraction of sp³-hybridized carbons (Fsp3) is 0.400. The summed E-state index contributed by atoms with van der Waals surface area (Å²) in [5.74, 6) is 0.908. The number of rotatable bonds is 7. The Balaban J connectivity index is 1.84. The van der Waals surface area contributed by atoms with Crippen molar-refractivity contribution in [3.05, 3.63) is 58.6 Å². The molecule has 0 atom stereocenters. The Bertz CT molecular complexity index is 635. The Labute approximate surface area is 144 Å². The summed E-state index contributed by atoms with van der Waals surface area (Å²) in [7, 11) is 0. The predicted octanol–water partition coefficient (Wildman–Crippen LogP) is 5.83. The van der Waals surface area contributed by atoms with Crippen LogP contribution in [0.4, 0.5) is 5.69 Å². The first-order valence-corrected chi connectivity index (χ1v) is 8.54. The first-order valence-electron chi connectivity index (χ1n) is 8.16. The lowest BCUT2D eigenvalue weighted by atomic mass is 9.82. The smallest absolute Gasteiger partial charge is 0.119 e. The third-order valence-corrected chi connectivity index (χ3v) is 4.88. The molecule has 2 rings (SSSR count). The number of benzene rings is 2. The summed E-state index contributed by atoms with van der Waals surface area (Å²) in [4.78, 5) is 0. The monoisotopic (exact) mass is 331 g/mol. The van der Waals surface area contributed by atoms with Gasteiger partial charge in [-0.15, -0.1) is 0 Å². The van der Waals surface area contributed by atoms with Crippen molar-refractivity contribution in [1.29, 1.82) is 0 Å². The molecular formula is C20H26ClNO. The largest absolute Gasteiger partial charge is 0.492 e. The van der Waals surface area contributed by atoms with Gasteiger partial charge in [0.05, 0.1) is 0 Å². The molecule has 0 saturated heterocycles. The Morgan fingerprint density at radius 2 is 1.78 bits per heavy atom. The lowest BCUT2D eigenvalue weighted by Crippen LogP contribution is -2.15. The molecule has 1 N–H and O–H groups in total. The molecule has 0 aliphatic heterocycles. The van der Waals surface area contributed by atoms with Crippen LogP contribution in [0.2, 0.25) is 5.02 Å². The fourth-order valence-electron chi connectivity index (χ4n) is 2.36. The quantitative estimate of drug-likeness (QED) is 0.645. The molecule has 0 spiro atoms. The second-order valence-corrected chi connectivity index (χ2v) is 6.86. The van der Waals surface area contributed by atoms with E-state index >= 15 is 0 Å². The summed E-state index contributed by atoms with van der Waals surface area (Å²) in [6.07, 6.45) is 1.12. The van der Waals surface area contributed by atoms with Gasteiger partial charge in [-0.1, -0.05) is 50.6 Å². The van der Waals surface area contributed by atoms with Crippen molar-refractivity contribution >= 4 is 17.3 Å². The van der Waals surface area contributed by atoms with E-state index in [0.29, 0.717) is 6.61 Å². The van der Waals surface area contributed by atoms with Crippen molar-refractivity contribution in [3.63, 3.8) is 0 Å². The molecule has 0 heterocycles. The number of hydrogen-bond acceptors (Lipinski definition) is 2. The molecule has 124 valence electrons. The molecular weight excluding hydrogens is 306 g/mol. The van der Waals surface area contributed by atoms with E-state index in [1.165, 1.54) is 5.56 Å². The van der Waals surface area contributed by atoms with Crippen LogP contribution < -0.4 is 10.1 Å². The van der Waals surface area contributed by atoms with Gasteiger partial charge in [-0.3, -0.25) is 0 Å². The molecule has 0 saturated carbocycles. The molecule has 2 aromatic rings. The summed E-state index contributed by atoms with van der Waals surface area (Å²) in [6.45, 7) is 10.1. The van der Waals surface area contributed by atoms with Crippen molar-refractivity contribution in [1.82, 2.24) is 0 Å². The maximum atomic E-state index is 6.11. The molecule has 3 heteroatoms.